The number of anilines is 1. The van der Waals surface area contributed by atoms with Gasteiger partial charge in [0, 0.05) is 22.5 Å². The van der Waals surface area contributed by atoms with E-state index in [1.165, 1.54) is 24.4 Å². The second-order valence-corrected chi connectivity index (χ2v) is 5.60. The molecule has 5 N–H and O–H groups in total. The van der Waals surface area contributed by atoms with Crippen LogP contribution in [0, 0.1) is 5.41 Å². The molecule has 0 radical (unpaired) electrons. The molecule has 0 aliphatic rings. The SMILES string of the molecule is N=C(N)Nc1ncc(Cl)c2ccc(C(=O)NCC(=O)OC(=O)C(F)(F)F)cc12. The predicted molar refractivity (Wildman–Crippen MR) is 91.8 cm³/mol. The lowest BCUT2D eigenvalue weighted by molar-refractivity contribution is -0.201. The number of carbonyl (C=O) groups is 3. The Balaban J connectivity index is 2.16. The lowest BCUT2D eigenvalue weighted by Crippen LogP contribution is -2.35. The number of fused-ring (bicyclic) bond motifs is 1. The summed E-state index contributed by atoms with van der Waals surface area (Å²) >= 11 is 6.02. The van der Waals surface area contributed by atoms with Crippen LogP contribution in [0.3, 0.4) is 0 Å². The summed E-state index contributed by atoms with van der Waals surface area (Å²) in [5, 5.41) is 12.8. The number of nitrogens with two attached hydrogens (primary N) is 1. The number of benzene rings is 1. The topological polar surface area (TPSA) is 147 Å². The summed E-state index contributed by atoms with van der Waals surface area (Å²) in [7, 11) is 0. The highest BCUT2D eigenvalue weighted by molar-refractivity contribution is 6.36. The van der Waals surface area contributed by atoms with Crippen LogP contribution < -0.4 is 16.4 Å². The van der Waals surface area contributed by atoms with Crippen molar-refractivity contribution in [1.82, 2.24) is 10.3 Å². The Kier molecular flexibility index (Phi) is 6.03. The number of amides is 1. The molecule has 0 bridgehead atoms. The Morgan fingerprint density at radius 1 is 1.25 bits per heavy atom. The van der Waals surface area contributed by atoms with E-state index in [9.17, 15) is 27.6 Å². The summed E-state index contributed by atoms with van der Waals surface area (Å²) in [5.41, 5.74) is 5.26. The Hall–Kier alpha value is -3.41. The first kappa shape index (κ1) is 20.9. The Bertz CT molecular complexity index is 980. The van der Waals surface area contributed by atoms with Gasteiger partial charge >= 0.3 is 18.1 Å². The normalized spacial score (nSPS) is 11.0. The Morgan fingerprint density at radius 3 is 2.54 bits per heavy atom. The number of halogens is 4. The summed E-state index contributed by atoms with van der Waals surface area (Å²) < 4.78 is 39.6. The maximum absolute atomic E-state index is 12.1. The smallest absolute Gasteiger partial charge is 0.385 e. The van der Waals surface area contributed by atoms with Crippen molar-refractivity contribution in [2.45, 2.75) is 6.18 Å². The van der Waals surface area contributed by atoms with Gasteiger partial charge in [0.05, 0.1) is 5.02 Å². The van der Waals surface area contributed by atoms with Gasteiger partial charge in [0.25, 0.3) is 5.91 Å². The maximum Gasteiger partial charge on any atom is 0.491 e. The third-order valence-corrected chi connectivity index (χ3v) is 3.49. The van der Waals surface area contributed by atoms with Crippen molar-refractivity contribution in [1.29, 1.82) is 5.41 Å². The second kappa shape index (κ2) is 8.08. The van der Waals surface area contributed by atoms with E-state index in [1.54, 1.807) is 0 Å². The van der Waals surface area contributed by atoms with E-state index >= 15 is 0 Å². The van der Waals surface area contributed by atoms with Crippen molar-refractivity contribution in [2.24, 2.45) is 5.73 Å². The fraction of sp³-hybridized carbons (Fsp3) is 0.133. The molecule has 0 saturated carbocycles. The molecule has 28 heavy (non-hydrogen) atoms. The number of aromatic nitrogens is 1. The number of hydrogen-bond acceptors (Lipinski definition) is 6. The minimum Gasteiger partial charge on any atom is -0.385 e. The fourth-order valence-electron chi connectivity index (χ4n) is 2.03. The quantitative estimate of drug-likeness (QED) is 0.255. The summed E-state index contributed by atoms with van der Waals surface area (Å²) in [6.07, 6.45) is -4.02. The van der Waals surface area contributed by atoms with Crippen molar-refractivity contribution in [3.05, 3.63) is 35.0 Å². The van der Waals surface area contributed by atoms with Crippen LogP contribution in [-0.2, 0) is 14.3 Å². The van der Waals surface area contributed by atoms with Crippen LogP contribution in [0.25, 0.3) is 10.8 Å². The molecule has 2 rings (SSSR count). The van der Waals surface area contributed by atoms with Gasteiger partial charge in [-0.15, -0.1) is 0 Å². The van der Waals surface area contributed by atoms with E-state index in [1.807, 2.05) is 5.32 Å². The van der Waals surface area contributed by atoms with Gasteiger partial charge in [-0.2, -0.15) is 13.2 Å². The Labute approximate surface area is 159 Å². The molecular weight excluding hydrogens is 407 g/mol. The fourth-order valence-corrected chi connectivity index (χ4v) is 2.24. The Morgan fingerprint density at radius 2 is 1.93 bits per heavy atom. The van der Waals surface area contributed by atoms with Crippen molar-refractivity contribution in [2.75, 3.05) is 11.9 Å². The third kappa shape index (κ3) is 5.07. The number of hydrogen-bond donors (Lipinski definition) is 4. The largest absolute Gasteiger partial charge is 0.491 e. The lowest BCUT2D eigenvalue weighted by atomic mass is 10.1. The van der Waals surface area contributed by atoms with Crippen LogP contribution in [0.2, 0.25) is 5.02 Å². The zero-order valence-corrected chi connectivity index (χ0v) is 14.4. The number of alkyl halides is 3. The minimum absolute atomic E-state index is 0.00174. The van der Waals surface area contributed by atoms with Crippen LogP contribution >= 0.6 is 11.6 Å². The van der Waals surface area contributed by atoms with E-state index in [2.05, 4.69) is 15.0 Å². The number of pyridine rings is 1. The van der Waals surface area contributed by atoms with Gasteiger partial charge in [-0.1, -0.05) is 17.7 Å². The zero-order valence-electron chi connectivity index (χ0n) is 13.7. The maximum atomic E-state index is 12.1. The van der Waals surface area contributed by atoms with Crippen molar-refractivity contribution < 1.29 is 32.3 Å². The average molecular weight is 418 g/mol. The van der Waals surface area contributed by atoms with Gasteiger partial charge in [-0.3, -0.25) is 10.2 Å². The molecule has 0 fully saturated rings. The standard InChI is InChI=1S/C15H11ClF3N5O4/c16-9-4-22-11(24-14(20)21)8-3-6(1-2-7(8)9)12(26)23-5-10(25)28-13(27)15(17,18)19/h1-4H,5H2,(H,23,26)(H4,20,21,22,24). The third-order valence-electron chi connectivity index (χ3n) is 3.19. The van der Waals surface area contributed by atoms with Crippen molar-refractivity contribution in [3.8, 4) is 0 Å². The molecule has 0 saturated heterocycles. The summed E-state index contributed by atoms with van der Waals surface area (Å²) in [6.45, 7) is -0.967. The molecule has 0 aliphatic carbocycles. The first-order chi connectivity index (χ1) is 13.0. The van der Waals surface area contributed by atoms with E-state index in [4.69, 9.17) is 22.7 Å². The molecule has 1 aromatic heterocycles. The summed E-state index contributed by atoms with van der Waals surface area (Å²) in [4.78, 5) is 37.9. The van der Waals surface area contributed by atoms with Gasteiger partial charge in [0.1, 0.15) is 12.4 Å². The van der Waals surface area contributed by atoms with E-state index in [0.717, 1.165) is 0 Å². The number of carbonyl (C=O) groups excluding carboxylic acids is 3. The molecule has 13 heteroatoms. The second-order valence-electron chi connectivity index (χ2n) is 5.20. The van der Waals surface area contributed by atoms with Crippen LogP contribution in [0.1, 0.15) is 10.4 Å². The highest BCUT2D eigenvalue weighted by Crippen LogP contribution is 2.28. The number of rotatable bonds is 4. The van der Waals surface area contributed by atoms with Crippen LogP contribution in [-0.4, -0.2) is 41.5 Å². The number of ether oxygens (including phenoxy) is 1. The first-order valence-corrected chi connectivity index (χ1v) is 7.66. The van der Waals surface area contributed by atoms with E-state index in [0.29, 0.717) is 10.8 Å². The van der Waals surface area contributed by atoms with Crippen LogP contribution in [0.4, 0.5) is 19.0 Å². The van der Waals surface area contributed by atoms with E-state index in [-0.39, 0.29) is 16.4 Å². The molecule has 9 nitrogen and oxygen atoms in total. The highest BCUT2D eigenvalue weighted by atomic mass is 35.5. The van der Waals surface area contributed by atoms with Gasteiger partial charge in [0.15, 0.2) is 5.96 Å². The molecule has 0 atom stereocenters. The minimum atomic E-state index is -5.33. The first-order valence-electron chi connectivity index (χ1n) is 7.28. The van der Waals surface area contributed by atoms with Gasteiger partial charge < -0.3 is 21.1 Å². The number of guanidine groups is 1. The van der Waals surface area contributed by atoms with Crippen molar-refractivity contribution in [3.63, 3.8) is 0 Å². The number of nitrogens with zero attached hydrogens (tertiary/aromatic N) is 1. The van der Waals surface area contributed by atoms with Crippen molar-refractivity contribution >= 4 is 52.0 Å². The van der Waals surface area contributed by atoms with Gasteiger partial charge in [0.2, 0.25) is 0 Å². The van der Waals surface area contributed by atoms with E-state index < -0.39 is 36.5 Å². The number of esters is 2. The monoisotopic (exact) mass is 417 g/mol. The highest BCUT2D eigenvalue weighted by Gasteiger charge is 2.42. The molecule has 2 aromatic rings. The predicted octanol–water partition coefficient (Wildman–Crippen LogP) is 1.56. The lowest BCUT2D eigenvalue weighted by Gasteiger charge is -2.10. The zero-order chi connectivity index (χ0) is 21.1. The molecule has 1 amide bonds. The summed E-state index contributed by atoms with van der Waals surface area (Å²) in [5.74, 6) is -5.38. The number of nitrogens with one attached hydrogen (secondary N) is 3. The summed E-state index contributed by atoms with van der Waals surface area (Å²) in [6, 6.07) is 4.12. The van der Waals surface area contributed by atoms with Crippen LogP contribution in [0.15, 0.2) is 24.4 Å². The molecule has 1 aromatic carbocycles. The molecule has 148 valence electrons. The van der Waals surface area contributed by atoms with Gasteiger partial charge in [-0.05, 0) is 12.1 Å². The molecule has 0 unspecified atom stereocenters. The molecular formula is C15H11ClF3N5O4. The molecule has 1 heterocycles. The molecule has 0 spiro atoms. The molecule has 0 aliphatic heterocycles. The van der Waals surface area contributed by atoms with Crippen LogP contribution in [0.5, 0.6) is 0 Å². The average Bonchev–Trinajstić information content (AvgIpc) is 2.60. The van der Waals surface area contributed by atoms with Gasteiger partial charge in [-0.25, -0.2) is 14.6 Å².